The third-order valence-electron chi connectivity index (χ3n) is 5.69. The van der Waals surface area contributed by atoms with Crippen molar-refractivity contribution in [2.75, 3.05) is 0 Å². The molecule has 0 spiro atoms. The first kappa shape index (κ1) is 30.3. The lowest BCUT2D eigenvalue weighted by atomic mass is 10.1. The monoisotopic (exact) mass is 581 g/mol. The van der Waals surface area contributed by atoms with E-state index in [1.807, 2.05) is 0 Å². The summed E-state index contributed by atoms with van der Waals surface area (Å²) < 4.78 is 78.1. The third kappa shape index (κ3) is 9.19. The first-order chi connectivity index (χ1) is 18.8. The Balaban J connectivity index is 1.67. The van der Waals surface area contributed by atoms with Gasteiger partial charge in [-0.1, -0.05) is 30.3 Å². The number of ether oxygens (including phenoxy) is 3. The standard InChI is InChI=1S/C27H26F3NO8S/c1-18(24(15-16-25(32)33)31-26(34)37-17-19-5-3-2-4-6-19)40(35,36)23-13-11-21(12-14-23)38-20-7-9-22(10-8-20)39-27(28,29)30/h2-14,18,24H,15-17H2,1H3,(H,31,34)(H,32,33)/t18?,24-/m0/s1. The zero-order valence-corrected chi connectivity index (χ0v) is 21.9. The number of alkyl halides is 3. The second-order valence-electron chi connectivity index (χ2n) is 8.59. The predicted molar refractivity (Wildman–Crippen MR) is 137 cm³/mol. The van der Waals surface area contributed by atoms with E-state index in [1.165, 1.54) is 43.3 Å². The quantitative estimate of drug-likeness (QED) is 0.279. The number of halogens is 3. The molecule has 0 aliphatic carbocycles. The van der Waals surface area contributed by atoms with E-state index in [0.717, 1.165) is 12.1 Å². The fraction of sp³-hybridized carbons (Fsp3) is 0.259. The number of nitrogens with one attached hydrogen (secondary N) is 1. The molecule has 0 bridgehead atoms. The molecule has 1 amide bonds. The van der Waals surface area contributed by atoms with Crippen LogP contribution in [0.4, 0.5) is 18.0 Å². The second kappa shape index (κ2) is 13.2. The highest BCUT2D eigenvalue weighted by Crippen LogP contribution is 2.29. The van der Waals surface area contributed by atoms with Crippen molar-refractivity contribution in [3.8, 4) is 17.2 Å². The number of carboxylic acids is 1. The third-order valence-corrected chi connectivity index (χ3v) is 7.92. The maximum atomic E-state index is 13.3. The average molecular weight is 582 g/mol. The number of alkyl carbamates (subject to hydrolysis) is 1. The van der Waals surface area contributed by atoms with Crippen LogP contribution in [0.5, 0.6) is 17.2 Å². The average Bonchev–Trinajstić information content (AvgIpc) is 2.90. The van der Waals surface area contributed by atoms with Crippen molar-refractivity contribution < 1.29 is 50.5 Å². The van der Waals surface area contributed by atoms with E-state index in [-0.39, 0.29) is 35.8 Å². The number of aliphatic carboxylic acids is 1. The van der Waals surface area contributed by atoms with E-state index in [0.29, 0.717) is 5.56 Å². The van der Waals surface area contributed by atoms with Crippen molar-refractivity contribution in [3.63, 3.8) is 0 Å². The van der Waals surface area contributed by atoms with Gasteiger partial charge < -0.3 is 24.6 Å². The minimum atomic E-state index is -4.83. The number of amides is 1. The maximum absolute atomic E-state index is 13.3. The molecule has 9 nitrogen and oxygen atoms in total. The smallest absolute Gasteiger partial charge is 0.481 e. The van der Waals surface area contributed by atoms with Gasteiger partial charge in [0.2, 0.25) is 0 Å². The Kier molecular flexibility index (Phi) is 9.99. The second-order valence-corrected chi connectivity index (χ2v) is 10.9. The van der Waals surface area contributed by atoms with E-state index in [2.05, 4.69) is 10.1 Å². The zero-order valence-electron chi connectivity index (χ0n) is 21.1. The molecule has 0 aliphatic rings. The van der Waals surface area contributed by atoms with Crippen LogP contribution in [0.1, 0.15) is 25.3 Å². The van der Waals surface area contributed by atoms with Crippen LogP contribution in [0.2, 0.25) is 0 Å². The van der Waals surface area contributed by atoms with Crippen LogP contribution >= 0.6 is 0 Å². The molecule has 40 heavy (non-hydrogen) atoms. The number of carbonyl (C=O) groups excluding carboxylic acids is 1. The molecule has 0 heterocycles. The van der Waals surface area contributed by atoms with Gasteiger partial charge in [-0.2, -0.15) is 0 Å². The number of sulfone groups is 1. The number of carboxylic acid groups (broad SMARTS) is 1. The lowest BCUT2D eigenvalue weighted by Gasteiger charge is -2.24. The first-order valence-electron chi connectivity index (χ1n) is 11.9. The van der Waals surface area contributed by atoms with E-state index in [1.54, 1.807) is 30.3 Å². The number of benzene rings is 3. The molecule has 13 heteroatoms. The molecule has 214 valence electrons. The van der Waals surface area contributed by atoms with Crippen LogP contribution in [-0.2, 0) is 26.0 Å². The van der Waals surface area contributed by atoms with E-state index >= 15 is 0 Å². The Hall–Kier alpha value is -4.26. The summed E-state index contributed by atoms with van der Waals surface area (Å²) in [6.07, 6.45) is -6.27. The molecule has 3 aromatic carbocycles. The largest absolute Gasteiger partial charge is 0.573 e. The van der Waals surface area contributed by atoms with E-state index in [9.17, 15) is 31.2 Å². The van der Waals surface area contributed by atoms with Gasteiger partial charge in [0.15, 0.2) is 9.84 Å². The molecular weight excluding hydrogens is 555 g/mol. The highest BCUT2D eigenvalue weighted by atomic mass is 32.2. The van der Waals surface area contributed by atoms with Crippen LogP contribution in [0.25, 0.3) is 0 Å². The van der Waals surface area contributed by atoms with Gasteiger partial charge in [0, 0.05) is 12.5 Å². The number of hydrogen-bond acceptors (Lipinski definition) is 7. The van der Waals surface area contributed by atoms with E-state index < -0.39 is 45.3 Å². The summed E-state index contributed by atoms with van der Waals surface area (Å²) in [7, 11) is -4.05. The molecular formula is C27H26F3NO8S. The lowest BCUT2D eigenvalue weighted by molar-refractivity contribution is -0.274. The summed E-state index contributed by atoms with van der Waals surface area (Å²) in [5, 5.41) is 10.4. The molecule has 3 rings (SSSR count). The predicted octanol–water partition coefficient (Wildman–Crippen LogP) is 5.70. The maximum Gasteiger partial charge on any atom is 0.573 e. The van der Waals surface area contributed by atoms with Gasteiger partial charge >= 0.3 is 18.4 Å². The molecule has 1 unspecified atom stereocenters. The highest BCUT2D eigenvalue weighted by Gasteiger charge is 2.33. The molecule has 2 N–H and O–H groups in total. The molecule has 0 radical (unpaired) electrons. The fourth-order valence-corrected chi connectivity index (χ4v) is 5.17. The topological polar surface area (TPSA) is 128 Å². The Morgan fingerprint density at radius 3 is 2.00 bits per heavy atom. The Labute approximate surface area is 228 Å². The Bertz CT molecular complexity index is 1380. The summed E-state index contributed by atoms with van der Waals surface area (Å²) in [5.41, 5.74) is 0.716. The normalized spacial score (nSPS) is 13.1. The minimum absolute atomic E-state index is 0.0566. The molecule has 3 aromatic rings. The van der Waals surface area contributed by atoms with Gasteiger partial charge in [-0.15, -0.1) is 13.2 Å². The molecule has 0 aromatic heterocycles. The number of carbonyl (C=O) groups is 2. The Morgan fingerprint density at radius 1 is 0.900 bits per heavy atom. The van der Waals surface area contributed by atoms with Crippen LogP contribution in [0.3, 0.4) is 0 Å². The Morgan fingerprint density at radius 2 is 1.45 bits per heavy atom. The van der Waals surface area contributed by atoms with E-state index in [4.69, 9.17) is 14.6 Å². The molecule has 0 saturated heterocycles. The van der Waals surface area contributed by atoms with Crippen LogP contribution in [-0.4, -0.2) is 43.2 Å². The van der Waals surface area contributed by atoms with Crippen LogP contribution in [0, 0.1) is 0 Å². The van der Waals surface area contributed by atoms with Crippen LogP contribution in [0.15, 0.2) is 83.8 Å². The van der Waals surface area contributed by atoms with Gasteiger partial charge in [0.25, 0.3) is 0 Å². The zero-order chi connectivity index (χ0) is 29.3. The van der Waals surface area contributed by atoms with Gasteiger partial charge in [-0.3, -0.25) is 4.79 Å². The summed E-state index contributed by atoms with van der Waals surface area (Å²) in [4.78, 5) is 23.4. The van der Waals surface area contributed by atoms with Crippen molar-refractivity contribution in [3.05, 3.63) is 84.4 Å². The summed E-state index contributed by atoms with van der Waals surface area (Å²) >= 11 is 0. The number of rotatable bonds is 12. The molecule has 2 atom stereocenters. The van der Waals surface area contributed by atoms with Gasteiger partial charge in [0.05, 0.1) is 10.1 Å². The fourth-order valence-electron chi connectivity index (χ4n) is 3.59. The first-order valence-corrected chi connectivity index (χ1v) is 13.4. The van der Waals surface area contributed by atoms with Crippen molar-refractivity contribution in [2.45, 2.75) is 48.9 Å². The summed E-state index contributed by atoms with van der Waals surface area (Å²) in [6.45, 7) is 1.30. The molecule has 0 fully saturated rings. The van der Waals surface area contributed by atoms with Gasteiger partial charge in [-0.05, 0) is 67.4 Å². The molecule has 0 saturated carbocycles. The highest BCUT2D eigenvalue weighted by molar-refractivity contribution is 7.92. The van der Waals surface area contributed by atoms with Crippen molar-refractivity contribution in [1.82, 2.24) is 5.32 Å². The van der Waals surface area contributed by atoms with Gasteiger partial charge in [-0.25, -0.2) is 13.2 Å². The van der Waals surface area contributed by atoms with Crippen molar-refractivity contribution in [2.24, 2.45) is 0 Å². The van der Waals surface area contributed by atoms with Crippen LogP contribution < -0.4 is 14.8 Å². The van der Waals surface area contributed by atoms with Crippen molar-refractivity contribution >= 4 is 21.9 Å². The SMILES string of the molecule is CC([C@H](CCC(=O)O)NC(=O)OCc1ccccc1)S(=O)(=O)c1ccc(Oc2ccc(OC(F)(F)F)cc2)cc1. The summed E-state index contributed by atoms with van der Waals surface area (Å²) in [6, 6.07) is 17.6. The number of hydrogen-bond donors (Lipinski definition) is 2. The summed E-state index contributed by atoms with van der Waals surface area (Å²) in [5.74, 6) is -1.19. The lowest BCUT2D eigenvalue weighted by Crippen LogP contribution is -2.45. The molecule has 0 aliphatic heterocycles. The van der Waals surface area contributed by atoms with Gasteiger partial charge in [0.1, 0.15) is 23.9 Å². The van der Waals surface area contributed by atoms with Crippen molar-refractivity contribution in [1.29, 1.82) is 0 Å². The minimum Gasteiger partial charge on any atom is -0.481 e.